The maximum Gasteiger partial charge on any atom is 0.453 e. The van der Waals surface area contributed by atoms with Crippen molar-refractivity contribution in [3.8, 4) is 28.7 Å². The number of hydrogen-bond donors (Lipinski definition) is 0. The van der Waals surface area contributed by atoms with Crippen LogP contribution in [0.3, 0.4) is 0 Å². The maximum atomic E-state index is 14.0. The van der Waals surface area contributed by atoms with E-state index in [1.807, 2.05) is 56.3 Å². The Morgan fingerprint density at radius 3 is 2.25 bits per heavy atom. The van der Waals surface area contributed by atoms with Crippen molar-refractivity contribution in [2.45, 2.75) is 32.5 Å². The van der Waals surface area contributed by atoms with Gasteiger partial charge in [0.1, 0.15) is 35.2 Å². The van der Waals surface area contributed by atoms with Gasteiger partial charge in [0.15, 0.2) is 0 Å². The lowest BCUT2D eigenvalue weighted by Crippen LogP contribution is -2.16. The Labute approximate surface area is 228 Å². The van der Waals surface area contributed by atoms with E-state index in [4.69, 9.17) is 18.6 Å². The summed E-state index contributed by atoms with van der Waals surface area (Å²) in [5, 5.41) is -0.0596. The smallest absolute Gasteiger partial charge is 0.453 e. The molecule has 5 rings (SSSR count). The first-order valence-corrected chi connectivity index (χ1v) is 12.6. The first-order chi connectivity index (χ1) is 19.2. The highest BCUT2D eigenvalue weighted by Gasteiger charge is 2.40. The molecule has 8 heteroatoms. The minimum Gasteiger partial charge on any atom is -0.489 e. The van der Waals surface area contributed by atoms with Gasteiger partial charge in [-0.1, -0.05) is 62.4 Å². The van der Waals surface area contributed by atoms with Gasteiger partial charge in [0.05, 0.1) is 5.39 Å². The van der Waals surface area contributed by atoms with Crippen LogP contribution in [0.2, 0.25) is 0 Å². The number of para-hydroxylation sites is 2. The first kappa shape index (κ1) is 26.9. The van der Waals surface area contributed by atoms with Crippen molar-refractivity contribution in [1.82, 2.24) is 0 Å². The van der Waals surface area contributed by atoms with Gasteiger partial charge in [-0.25, -0.2) is 0 Å². The predicted molar refractivity (Wildman–Crippen MR) is 145 cm³/mol. The highest BCUT2D eigenvalue weighted by molar-refractivity contribution is 5.80. The Morgan fingerprint density at radius 1 is 0.775 bits per heavy atom. The second-order valence-corrected chi connectivity index (χ2v) is 9.39. The van der Waals surface area contributed by atoms with Crippen LogP contribution < -0.4 is 19.6 Å². The quantitative estimate of drug-likeness (QED) is 0.194. The minimum absolute atomic E-state index is 0.0386. The fraction of sp³-hybridized carbons (Fsp3) is 0.156. The summed E-state index contributed by atoms with van der Waals surface area (Å²) in [6, 6.07) is 27.3. The van der Waals surface area contributed by atoms with Crippen molar-refractivity contribution in [1.29, 1.82) is 0 Å². The Balaban J connectivity index is 1.42. The SMILES string of the molecule is CC(C)c1ccccc1Oc1c(C(F)(F)F)oc2cc(OCc3cccc(Oc4ccccc4)c3)ccc2c1=O. The zero-order chi connectivity index (χ0) is 28.3. The van der Waals surface area contributed by atoms with Gasteiger partial charge in [-0.15, -0.1) is 0 Å². The molecule has 0 aliphatic heterocycles. The molecule has 0 amide bonds. The lowest BCUT2D eigenvalue weighted by Gasteiger charge is -2.16. The van der Waals surface area contributed by atoms with E-state index in [-0.39, 0.29) is 35.0 Å². The van der Waals surface area contributed by atoms with Crippen molar-refractivity contribution < 1.29 is 31.8 Å². The molecule has 0 unspecified atom stereocenters. The van der Waals surface area contributed by atoms with Crippen LogP contribution in [0, 0.1) is 0 Å². The van der Waals surface area contributed by atoms with Gasteiger partial charge in [0.25, 0.3) is 5.76 Å². The topological polar surface area (TPSA) is 57.9 Å². The summed E-state index contributed by atoms with van der Waals surface area (Å²) >= 11 is 0. The zero-order valence-electron chi connectivity index (χ0n) is 21.7. The number of ether oxygens (including phenoxy) is 3. The zero-order valence-corrected chi connectivity index (χ0v) is 21.7. The Bertz CT molecular complexity index is 1690. The molecule has 0 N–H and O–H groups in total. The van der Waals surface area contributed by atoms with Crippen LogP contribution in [0.5, 0.6) is 28.7 Å². The lowest BCUT2D eigenvalue weighted by molar-refractivity contribution is -0.154. The van der Waals surface area contributed by atoms with Crippen molar-refractivity contribution >= 4 is 11.0 Å². The average Bonchev–Trinajstić information content (AvgIpc) is 2.93. The summed E-state index contributed by atoms with van der Waals surface area (Å²) in [5.41, 5.74) is 0.251. The maximum absolute atomic E-state index is 14.0. The van der Waals surface area contributed by atoms with Crippen LogP contribution in [0.1, 0.15) is 36.7 Å². The molecule has 0 spiro atoms. The summed E-state index contributed by atoms with van der Waals surface area (Å²) in [6.07, 6.45) is -4.97. The minimum atomic E-state index is -4.97. The fourth-order valence-corrected chi connectivity index (χ4v) is 4.18. The van der Waals surface area contributed by atoms with E-state index in [0.717, 1.165) is 5.56 Å². The summed E-state index contributed by atoms with van der Waals surface area (Å²) in [6.45, 7) is 3.87. The number of halogens is 3. The largest absolute Gasteiger partial charge is 0.489 e. The van der Waals surface area contributed by atoms with E-state index in [1.165, 1.54) is 24.3 Å². The molecule has 0 fully saturated rings. The van der Waals surface area contributed by atoms with Crippen molar-refractivity contribution in [2.75, 3.05) is 0 Å². The van der Waals surface area contributed by atoms with Crippen molar-refractivity contribution in [2.24, 2.45) is 0 Å². The highest BCUT2D eigenvalue weighted by Crippen LogP contribution is 2.40. The Hall–Kier alpha value is -4.72. The number of benzene rings is 4. The highest BCUT2D eigenvalue weighted by atomic mass is 19.4. The van der Waals surface area contributed by atoms with E-state index in [2.05, 4.69) is 0 Å². The summed E-state index contributed by atoms with van der Waals surface area (Å²) < 4.78 is 64.6. The molecular weight excluding hydrogens is 521 g/mol. The third kappa shape index (κ3) is 5.96. The third-order valence-corrected chi connectivity index (χ3v) is 6.12. The predicted octanol–water partition coefficient (Wildman–Crippen LogP) is 9.10. The van der Waals surface area contributed by atoms with E-state index in [1.54, 1.807) is 30.3 Å². The first-order valence-electron chi connectivity index (χ1n) is 12.6. The van der Waals surface area contributed by atoms with Gasteiger partial charge in [-0.2, -0.15) is 13.2 Å². The molecule has 204 valence electrons. The van der Waals surface area contributed by atoms with Crippen LogP contribution >= 0.6 is 0 Å². The molecule has 1 heterocycles. The molecule has 0 aliphatic carbocycles. The molecule has 0 saturated heterocycles. The van der Waals surface area contributed by atoms with Gasteiger partial charge in [0.2, 0.25) is 11.2 Å². The number of hydrogen-bond acceptors (Lipinski definition) is 5. The number of fused-ring (bicyclic) bond motifs is 1. The number of rotatable bonds is 8. The van der Waals surface area contributed by atoms with Crippen LogP contribution in [-0.2, 0) is 12.8 Å². The summed E-state index contributed by atoms with van der Waals surface area (Å²) in [5.74, 6) is -0.767. The molecule has 0 aliphatic rings. The molecule has 0 radical (unpaired) electrons. The van der Waals surface area contributed by atoms with E-state index < -0.39 is 23.1 Å². The lowest BCUT2D eigenvalue weighted by atomic mass is 10.0. The van der Waals surface area contributed by atoms with E-state index >= 15 is 0 Å². The molecule has 4 aromatic carbocycles. The normalized spacial score (nSPS) is 11.6. The molecule has 40 heavy (non-hydrogen) atoms. The molecule has 5 nitrogen and oxygen atoms in total. The molecule has 5 aromatic rings. The summed E-state index contributed by atoms with van der Waals surface area (Å²) in [7, 11) is 0. The second kappa shape index (κ2) is 11.2. The van der Waals surface area contributed by atoms with E-state index in [9.17, 15) is 18.0 Å². The van der Waals surface area contributed by atoms with Crippen LogP contribution in [0.15, 0.2) is 106 Å². The Kier molecular flexibility index (Phi) is 7.51. The standard InChI is InChI=1S/C32H25F3O5/c1-20(2)25-13-6-7-14-27(25)39-30-29(36)26-16-15-23(18-28(26)40-31(30)32(33,34)35)37-19-21-9-8-12-24(17-21)38-22-10-4-3-5-11-22/h3-18,20H,19H2,1-2H3. The van der Waals surface area contributed by atoms with Gasteiger partial charge in [0, 0.05) is 6.07 Å². The van der Waals surface area contributed by atoms with Crippen LogP contribution in [0.25, 0.3) is 11.0 Å². The van der Waals surface area contributed by atoms with Crippen LogP contribution in [0.4, 0.5) is 13.2 Å². The monoisotopic (exact) mass is 546 g/mol. The second-order valence-electron chi connectivity index (χ2n) is 9.39. The number of alkyl halides is 3. The molecule has 0 atom stereocenters. The third-order valence-electron chi connectivity index (χ3n) is 6.12. The summed E-state index contributed by atoms with van der Waals surface area (Å²) in [4.78, 5) is 13.2. The molecule has 0 saturated carbocycles. The van der Waals surface area contributed by atoms with Gasteiger partial charge >= 0.3 is 6.18 Å². The van der Waals surface area contributed by atoms with Gasteiger partial charge < -0.3 is 18.6 Å². The molecular formula is C32H25F3O5. The van der Waals surface area contributed by atoms with Crippen LogP contribution in [-0.4, -0.2) is 0 Å². The molecule has 1 aromatic heterocycles. The molecule has 0 bridgehead atoms. The average molecular weight is 547 g/mol. The Morgan fingerprint density at radius 2 is 1.50 bits per heavy atom. The van der Waals surface area contributed by atoms with Gasteiger partial charge in [-0.3, -0.25) is 4.79 Å². The fourth-order valence-electron chi connectivity index (χ4n) is 4.18. The van der Waals surface area contributed by atoms with Crippen molar-refractivity contribution in [3.05, 3.63) is 124 Å². The van der Waals surface area contributed by atoms with Crippen molar-refractivity contribution in [3.63, 3.8) is 0 Å². The van der Waals surface area contributed by atoms with Gasteiger partial charge in [-0.05, 0) is 59.5 Å². The van der Waals surface area contributed by atoms with E-state index in [0.29, 0.717) is 17.1 Å².